The quantitative estimate of drug-likeness (QED) is 0.725. The van der Waals surface area contributed by atoms with Gasteiger partial charge in [0.15, 0.2) is 6.54 Å². The third-order valence-electron chi connectivity index (χ3n) is 4.94. The number of nitrogens with one attached hydrogen (secondary N) is 2. The molecule has 0 bridgehead atoms. The van der Waals surface area contributed by atoms with Gasteiger partial charge in [0.25, 0.3) is 5.91 Å². The highest BCUT2D eigenvalue weighted by atomic mass is 32.2. The van der Waals surface area contributed by atoms with E-state index in [9.17, 15) is 13.2 Å². The second-order valence-corrected chi connectivity index (χ2v) is 8.78. The first-order valence-electron chi connectivity index (χ1n) is 8.65. The minimum atomic E-state index is -3.42. The first kappa shape index (κ1) is 17.4. The SMILES string of the molecule is C[C@@H](NC(=O)C[NH+]1CCN(S(=O)(=O)c2ccccc2)CC1)C1CC1. The zero-order valence-electron chi connectivity index (χ0n) is 14.1. The Morgan fingerprint density at radius 2 is 1.88 bits per heavy atom. The maximum absolute atomic E-state index is 12.6. The maximum Gasteiger partial charge on any atom is 0.275 e. The topological polar surface area (TPSA) is 70.9 Å². The first-order valence-corrected chi connectivity index (χ1v) is 10.1. The molecule has 1 aromatic rings. The summed E-state index contributed by atoms with van der Waals surface area (Å²) in [5.41, 5.74) is 0. The fourth-order valence-corrected chi connectivity index (χ4v) is 4.67. The molecule has 1 saturated carbocycles. The minimum Gasteiger partial charge on any atom is -0.348 e. The van der Waals surface area contributed by atoms with E-state index < -0.39 is 10.0 Å². The number of benzene rings is 1. The molecule has 1 heterocycles. The maximum atomic E-state index is 12.6. The van der Waals surface area contributed by atoms with Crippen molar-refractivity contribution in [2.45, 2.75) is 30.7 Å². The average Bonchev–Trinajstić information content (AvgIpc) is 3.41. The van der Waals surface area contributed by atoms with Crippen molar-refractivity contribution in [3.8, 4) is 0 Å². The number of carbonyl (C=O) groups is 1. The van der Waals surface area contributed by atoms with E-state index in [-0.39, 0.29) is 11.9 Å². The summed E-state index contributed by atoms with van der Waals surface area (Å²) in [6.45, 7) is 4.73. The van der Waals surface area contributed by atoms with Gasteiger partial charge >= 0.3 is 0 Å². The molecule has 24 heavy (non-hydrogen) atoms. The van der Waals surface area contributed by atoms with Gasteiger partial charge in [0.1, 0.15) is 0 Å². The monoisotopic (exact) mass is 352 g/mol. The van der Waals surface area contributed by atoms with Crippen LogP contribution < -0.4 is 10.2 Å². The molecule has 0 aromatic heterocycles. The molecule has 1 saturated heterocycles. The number of nitrogens with zero attached hydrogens (tertiary/aromatic N) is 1. The van der Waals surface area contributed by atoms with Gasteiger partial charge in [0.2, 0.25) is 10.0 Å². The molecule has 1 atom stereocenters. The molecule has 1 amide bonds. The molecule has 1 aromatic carbocycles. The molecule has 3 rings (SSSR count). The molecule has 132 valence electrons. The average molecular weight is 352 g/mol. The highest BCUT2D eigenvalue weighted by molar-refractivity contribution is 7.89. The number of piperazine rings is 1. The molecule has 0 unspecified atom stereocenters. The predicted octanol–water partition coefficient (Wildman–Crippen LogP) is -0.509. The van der Waals surface area contributed by atoms with Crippen molar-refractivity contribution >= 4 is 15.9 Å². The molecule has 6 nitrogen and oxygen atoms in total. The second kappa shape index (κ2) is 7.21. The summed E-state index contributed by atoms with van der Waals surface area (Å²) in [6.07, 6.45) is 2.43. The van der Waals surface area contributed by atoms with E-state index in [1.165, 1.54) is 17.1 Å². The Balaban J connectivity index is 1.49. The molecule has 7 heteroatoms. The molecule has 2 fully saturated rings. The Bertz CT molecular complexity index is 666. The number of quaternary nitrogens is 1. The summed E-state index contributed by atoms with van der Waals surface area (Å²) >= 11 is 0. The summed E-state index contributed by atoms with van der Waals surface area (Å²) < 4.78 is 26.7. The molecule has 1 aliphatic heterocycles. The van der Waals surface area contributed by atoms with Crippen molar-refractivity contribution in [2.24, 2.45) is 5.92 Å². The lowest BCUT2D eigenvalue weighted by Crippen LogP contribution is -3.15. The second-order valence-electron chi connectivity index (χ2n) is 6.84. The number of hydrogen-bond acceptors (Lipinski definition) is 3. The standard InChI is InChI=1S/C17H25N3O3S/c1-14(15-7-8-15)18-17(21)13-19-9-11-20(12-10-19)24(22,23)16-5-3-2-4-6-16/h2-6,14-15H,7-13H2,1H3,(H,18,21)/p+1/t14-/m1/s1. The fraction of sp³-hybridized carbons (Fsp3) is 0.588. The highest BCUT2D eigenvalue weighted by Crippen LogP contribution is 2.32. The van der Waals surface area contributed by atoms with Gasteiger partial charge in [-0.25, -0.2) is 8.42 Å². The van der Waals surface area contributed by atoms with Crippen LogP contribution in [-0.2, 0) is 14.8 Å². The van der Waals surface area contributed by atoms with E-state index in [1.54, 1.807) is 24.3 Å². The summed E-state index contributed by atoms with van der Waals surface area (Å²) in [5.74, 6) is 0.723. The van der Waals surface area contributed by atoms with Crippen molar-refractivity contribution in [1.82, 2.24) is 9.62 Å². The van der Waals surface area contributed by atoms with Crippen LogP contribution in [0.15, 0.2) is 35.2 Å². The van der Waals surface area contributed by atoms with E-state index in [0.29, 0.717) is 43.5 Å². The number of sulfonamides is 1. The predicted molar refractivity (Wildman–Crippen MR) is 91.1 cm³/mol. The van der Waals surface area contributed by atoms with Crippen LogP contribution in [0.1, 0.15) is 19.8 Å². The van der Waals surface area contributed by atoms with Gasteiger partial charge in [-0.3, -0.25) is 4.79 Å². The highest BCUT2D eigenvalue weighted by Gasteiger charge is 2.32. The van der Waals surface area contributed by atoms with Gasteiger partial charge in [-0.1, -0.05) is 18.2 Å². The molecular weight excluding hydrogens is 326 g/mol. The van der Waals surface area contributed by atoms with Crippen LogP contribution in [0, 0.1) is 5.92 Å². The van der Waals surface area contributed by atoms with Crippen LogP contribution >= 0.6 is 0 Å². The molecular formula is C17H26N3O3S+. The Morgan fingerprint density at radius 3 is 2.46 bits per heavy atom. The van der Waals surface area contributed by atoms with E-state index in [1.807, 2.05) is 6.07 Å². The van der Waals surface area contributed by atoms with Crippen LogP contribution in [0.4, 0.5) is 0 Å². The van der Waals surface area contributed by atoms with Crippen molar-refractivity contribution in [3.05, 3.63) is 30.3 Å². The van der Waals surface area contributed by atoms with Gasteiger partial charge in [-0.15, -0.1) is 0 Å². The summed E-state index contributed by atoms with van der Waals surface area (Å²) in [4.78, 5) is 13.6. The largest absolute Gasteiger partial charge is 0.348 e. The molecule has 0 spiro atoms. The Hall–Kier alpha value is -1.44. The molecule has 1 aliphatic carbocycles. The van der Waals surface area contributed by atoms with Crippen molar-refractivity contribution in [3.63, 3.8) is 0 Å². The number of hydrogen-bond donors (Lipinski definition) is 2. The molecule has 2 aliphatic rings. The van der Waals surface area contributed by atoms with Crippen LogP contribution in [0.5, 0.6) is 0 Å². The van der Waals surface area contributed by atoms with Gasteiger partial charge < -0.3 is 10.2 Å². The van der Waals surface area contributed by atoms with E-state index in [4.69, 9.17) is 0 Å². The normalized spacial score (nSPS) is 21.4. The van der Waals surface area contributed by atoms with Gasteiger partial charge in [0.05, 0.1) is 31.1 Å². The summed E-state index contributed by atoms with van der Waals surface area (Å²) in [7, 11) is -3.42. The Morgan fingerprint density at radius 1 is 1.25 bits per heavy atom. The fourth-order valence-electron chi connectivity index (χ4n) is 3.21. The van der Waals surface area contributed by atoms with Crippen LogP contribution in [0.25, 0.3) is 0 Å². The van der Waals surface area contributed by atoms with E-state index in [2.05, 4.69) is 12.2 Å². The number of rotatable bonds is 6. The minimum absolute atomic E-state index is 0.0729. The first-order chi connectivity index (χ1) is 11.5. The third-order valence-corrected chi connectivity index (χ3v) is 6.85. The Kier molecular flexibility index (Phi) is 5.22. The van der Waals surface area contributed by atoms with Gasteiger partial charge in [0, 0.05) is 6.04 Å². The molecule has 2 N–H and O–H groups in total. The van der Waals surface area contributed by atoms with Crippen molar-refractivity contribution < 1.29 is 18.1 Å². The van der Waals surface area contributed by atoms with Crippen molar-refractivity contribution in [1.29, 1.82) is 0 Å². The van der Waals surface area contributed by atoms with E-state index in [0.717, 1.165) is 4.90 Å². The lowest BCUT2D eigenvalue weighted by Gasteiger charge is -2.31. The van der Waals surface area contributed by atoms with Crippen LogP contribution in [0.2, 0.25) is 0 Å². The van der Waals surface area contributed by atoms with Crippen LogP contribution in [-0.4, -0.2) is 57.4 Å². The number of amides is 1. The Labute approximate surface area is 143 Å². The van der Waals surface area contributed by atoms with Gasteiger partial charge in [-0.05, 0) is 37.8 Å². The van der Waals surface area contributed by atoms with Crippen molar-refractivity contribution in [2.75, 3.05) is 32.7 Å². The lowest BCUT2D eigenvalue weighted by atomic mass is 10.2. The summed E-state index contributed by atoms with van der Waals surface area (Å²) in [5, 5.41) is 3.06. The molecule has 0 radical (unpaired) electrons. The zero-order valence-corrected chi connectivity index (χ0v) is 14.9. The summed E-state index contributed by atoms with van der Waals surface area (Å²) in [6, 6.07) is 8.79. The van der Waals surface area contributed by atoms with Gasteiger partial charge in [-0.2, -0.15) is 4.31 Å². The lowest BCUT2D eigenvalue weighted by molar-refractivity contribution is -0.895. The number of carbonyl (C=O) groups excluding carboxylic acids is 1. The van der Waals surface area contributed by atoms with Crippen LogP contribution in [0.3, 0.4) is 0 Å². The van der Waals surface area contributed by atoms with E-state index >= 15 is 0 Å². The third kappa shape index (κ3) is 4.15. The zero-order chi connectivity index (χ0) is 17.2. The smallest absolute Gasteiger partial charge is 0.275 e.